The summed E-state index contributed by atoms with van der Waals surface area (Å²) in [5, 5.41) is 3.27. The summed E-state index contributed by atoms with van der Waals surface area (Å²) >= 11 is 0. The Labute approximate surface area is 132 Å². The van der Waals surface area contributed by atoms with E-state index in [2.05, 4.69) is 16.4 Å². The van der Waals surface area contributed by atoms with Gasteiger partial charge in [-0.15, -0.1) is 0 Å². The number of ether oxygens (including phenoxy) is 1. The van der Waals surface area contributed by atoms with Crippen LogP contribution < -0.4 is 11.1 Å². The highest BCUT2D eigenvalue weighted by molar-refractivity contribution is 5.78. The number of aliphatic imine (C=N–C) groups is 1. The zero-order valence-electron chi connectivity index (χ0n) is 13.5. The maximum atomic E-state index is 11.6. The molecule has 0 atom stereocenters. The van der Waals surface area contributed by atoms with Crippen molar-refractivity contribution >= 4 is 12.1 Å². The first kappa shape index (κ1) is 16.6. The molecular formula is C16H28N4O2. The second kappa shape index (κ2) is 8.66. The molecule has 1 aliphatic carbocycles. The van der Waals surface area contributed by atoms with Crippen molar-refractivity contribution in [1.29, 1.82) is 0 Å². The number of carbonyl (C=O) groups is 1. The smallest absolute Gasteiger partial charge is 0.409 e. The summed E-state index contributed by atoms with van der Waals surface area (Å²) in [6.45, 7) is 4.41. The molecule has 0 aromatic carbocycles. The molecule has 2 aliphatic rings. The summed E-state index contributed by atoms with van der Waals surface area (Å²) in [6.07, 6.45) is 8.59. The van der Waals surface area contributed by atoms with Crippen LogP contribution in [0.4, 0.5) is 4.79 Å². The number of likely N-dealkylation sites (tertiary alicyclic amines) is 1. The minimum Gasteiger partial charge on any atom is -0.450 e. The molecule has 0 saturated carbocycles. The number of rotatable bonds is 5. The van der Waals surface area contributed by atoms with E-state index in [-0.39, 0.29) is 6.09 Å². The lowest BCUT2D eigenvalue weighted by atomic mass is 10.1. The van der Waals surface area contributed by atoms with E-state index in [1.54, 1.807) is 4.90 Å². The molecule has 0 unspecified atom stereocenters. The van der Waals surface area contributed by atoms with E-state index in [0.717, 1.165) is 25.8 Å². The second-order valence-electron chi connectivity index (χ2n) is 5.88. The monoisotopic (exact) mass is 308 g/mol. The van der Waals surface area contributed by atoms with Crippen molar-refractivity contribution < 1.29 is 9.53 Å². The van der Waals surface area contributed by atoms with Gasteiger partial charge >= 0.3 is 6.09 Å². The van der Waals surface area contributed by atoms with Gasteiger partial charge in [-0.25, -0.2) is 4.79 Å². The van der Waals surface area contributed by atoms with Crippen molar-refractivity contribution in [2.75, 3.05) is 26.2 Å². The Morgan fingerprint density at radius 3 is 2.91 bits per heavy atom. The first-order valence-electron chi connectivity index (χ1n) is 8.35. The third-order valence-electron chi connectivity index (χ3n) is 4.22. The average Bonchev–Trinajstić information content (AvgIpc) is 3.01. The lowest BCUT2D eigenvalue weighted by molar-refractivity contribution is 0.0963. The van der Waals surface area contributed by atoms with E-state index in [4.69, 9.17) is 10.5 Å². The number of nitrogens with one attached hydrogen (secondary N) is 1. The van der Waals surface area contributed by atoms with Crippen molar-refractivity contribution in [3.05, 3.63) is 11.6 Å². The van der Waals surface area contributed by atoms with Crippen molar-refractivity contribution in [3.63, 3.8) is 0 Å². The van der Waals surface area contributed by atoms with E-state index in [0.29, 0.717) is 31.7 Å². The number of piperidine rings is 1. The van der Waals surface area contributed by atoms with Crippen LogP contribution in [0.5, 0.6) is 0 Å². The number of nitrogens with zero attached hydrogens (tertiary/aromatic N) is 2. The standard InChI is InChI=1S/C16H28N4O2/c1-2-22-16(21)20-11-8-14(9-12-20)19-15(17)18-10-7-13-5-3-4-6-13/h5,14H,2-4,6-12H2,1H3,(H3,17,18,19). The zero-order chi connectivity index (χ0) is 15.8. The summed E-state index contributed by atoms with van der Waals surface area (Å²) in [6, 6.07) is 0.292. The number of allylic oxidation sites excluding steroid dienone is 1. The highest BCUT2D eigenvalue weighted by Crippen LogP contribution is 2.20. The van der Waals surface area contributed by atoms with Crippen LogP contribution in [0, 0.1) is 0 Å². The van der Waals surface area contributed by atoms with Crippen LogP contribution in [0.15, 0.2) is 16.6 Å². The molecule has 0 aromatic rings. The van der Waals surface area contributed by atoms with Crippen molar-refractivity contribution in [2.24, 2.45) is 10.7 Å². The minimum absolute atomic E-state index is 0.215. The van der Waals surface area contributed by atoms with Gasteiger partial charge in [0.1, 0.15) is 0 Å². The van der Waals surface area contributed by atoms with Gasteiger partial charge in [0.2, 0.25) is 0 Å². The summed E-state index contributed by atoms with van der Waals surface area (Å²) in [5.74, 6) is 0.521. The zero-order valence-corrected chi connectivity index (χ0v) is 13.5. The molecule has 6 heteroatoms. The number of hydrogen-bond donors (Lipinski definition) is 2. The SMILES string of the molecule is CCOC(=O)N1CCC(NC(N)=NCCC2=CCCC2)CC1. The molecule has 124 valence electrons. The topological polar surface area (TPSA) is 80.0 Å². The second-order valence-corrected chi connectivity index (χ2v) is 5.88. The Morgan fingerprint density at radius 2 is 2.27 bits per heavy atom. The maximum Gasteiger partial charge on any atom is 0.409 e. The molecule has 3 N–H and O–H groups in total. The van der Waals surface area contributed by atoms with Gasteiger partial charge in [0, 0.05) is 25.7 Å². The number of nitrogens with two attached hydrogens (primary N) is 1. The molecule has 1 saturated heterocycles. The molecule has 22 heavy (non-hydrogen) atoms. The van der Waals surface area contributed by atoms with Crippen LogP contribution in [0.3, 0.4) is 0 Å². The third-order valence-corrected chi connectivity index (χ3v) is 4.22. The van der Waals surface area contributed by atoms with Crippen LogP contribution in [0.2, 0.25) is 0 Å². The highest BCUT2D eigenvalue weighted by atomic mass is 16.6. The molecule has 0 aromatic heterocycles. The van der Waals surface area contributed by atoms with E-state index in [9.17, 15) is 4.79 Å². The largest absolute Gasteiger partial charge is 0.450 e. The van der Waals surface area contributed by atoms with Crippen molar-refractivity contribution in [2.45, 2.75) is 51.5 Å². The Hall–Kier alpha value is -1.72. The van der Waals surface area contributed by atoms with Gasteiger partial charge < -0.3 is 20.7 Å². The molecule has 1 amide bonds. The lowest BCUT2D eigenvalue weighted by Crippen LogP contribution is -2.48. The van der Waals surface area contributed by atoms with Gasteiger partial charge in [-0.1, -0.05) is 11.6 Å². The maximum absolute atomic E-state index is 11.6. The van der Waals surface area contributed by atoms with Gasteiger partial charge in [0.25, 0.3) is 0 Å². The van der Waals surface area contributed by atoms with Gasteiger partial charge in [-0.2, -0.15) is 0 Å². The van der Waals surface area contributed by atoms with Crippen LogP contribution >= 0.6 is 0 Å². The number of carbonyl (C=O) groups excluding carboxylic acids is 1. The van der Waals surface area contributed by atoms with E-state index >= 15 is 0 Å². The molecule has 0 bridgehead atoms. The summed E-state index contributed by atoms with van der Waals surface area (Å²) in [4.78, 5) is 17.8. The summed E-state index contributed by atoms with van der Waals surface area (Å²) in [5.41, 5.74) is 7.46. The molecule has 0 spiro atoms. The molecule has 1 fully saturated rings. The predicted molar refractivity (Wildman–Crippen MR) is 87.8 cm³/mol. The lowest BCUT2D eigenvalue weighted by Gasteiger charge is -2.31. The first-order chi connectivity index (χ1) is 10.7. The quantitative estimate of drug-likeness (QED) is 0.462. The van der Waals surface area contributed by atoms with Crippen molar-refractivity contribution in [1.82, 2.24) is 10.2 Å². The summed E-state index contributed by atoms with van der Waals surface area (Å²) in [7, 11) is 0. The van der Waals surface area contributed by atoms with E-state index < -0.39 is 0 Å². The Balaban J connectivity index is 1.65. The molecular weight excluding hydrogens is 280 g/mol. The number of hydrogen-bond acceptors (Lipinski definition) is 3. The fourth-order valence-electron chi connectivity index (χ4n) is 2.96. The van der Waals surface area contributed by atoms with E-state index in [1.165, 1.54) is 24.8 Å². The minimum atomic E-state index is -0.215. The van der Waals surface area contributed by atoms with Crippen molar-refractivity contribution in [3.8, 4) is 0 Å². The van der Waals surface area contributed by atoms with Crippen LogP contribution in [0.1, 0.15) is 45.4 Å². The fraction of sp³-hybridized carbons (Fsp3) is 0.750. The highest BCUT2D eigenvalue weighted by Gasteiger charge is 2.23. The molecule has 0 radical (unpaired) electrons. The number of guanidine groups is 1. The van der Waals surface area contributed by atoms with E-state index in [1.807, 2.05) is 6.92 Å². The average molecular weight is 308 g/mol. The Bertz CT molecular complexity index is 426. The number of amides is 1. The van der Waals surface area contributed by atoms with Gasteiger partial charge in [-0.05, 0) is 45.4 Å². The first-order valence-corrected chi connectivity index (χ1v) is 8.35. The van der Waals surface area contributed by atoms with Crippen LogP contribution in [0.25, 0.3) is 0 Å². The summed E-state index contributed by atoms with van der Waals surface area (Å²) < 4.78 is 5.01. The Morgan fingerprint density at radius 1 is 1.50 bits per heavy atom. The molecule has 2 rings (SSSR count). The molecule has 6 nitrogen and oxygen atoms in total. The van der Waals surface area contributed by atoms with Gasteiger partial charge in [0.05, 0.1) is 6.61 Å². The van der Waals surface area contributed by atoms with Gasteiger partial charge in [-0.3, -0.25) is 4.99 Å². The molecule has 1 heterocycles. The van der Waals surface area contributed by atoms with Crippen LogP contribution in [-0.4, -0.2) is 49.2 Å². The normalized spacial score (nSPS) is 20.0. The van der Waals surface area contributed by atoms with Gasteiger partial charge in [0.15, 0.2) is 5.96 Å². The predicted octanol–water partition coefficient (Wildman–Crippen LogP) is 2.01. The fourth-order valence-corrected chi connectivity index (χ4v) is 2.96. The Kier molecular flexibility index (Phi) is 6.55. The van der Waals surface area contributed by atoms with Crippen LogP contribution in [-0.2, 0) is 4.74 Å². The third kappa shape index (κ3) is 5.24. The molecule has 1 aliphatic heterocycles.